The highest BCUT2D eigenvalue weighted by Crippen LogP contribution is 2.20. The predicted octanol–water partition coefficient (Wildman–Crippen LogP) is 3.61. The van der Waals surface area contributed by atoms with Crippen LogP contribution >= 0.6 is 15.9 Å². The van der Waals surface area contributed by atoms with E-state index in [1.54, 1.807) is 12.1 Å². The van der Waals surface area contributed by atoms with Gasteiger partial charge in [-0.2, -0.15) is 0 Å². The molecular weight excluding hydrogens is 431 g/mol. The summed E-state index contributed by atoms with van der Waals surface area (Å²) in [5, 5.41) is 2.69. The van der Waals surface area contributed by atoms with Crippen LogP contribution in [0.25, 0.3) is 0 Å². The van der Waals surface area contributed by atoms with E-state index in [1.165, 1.54) is 19.1 Å². The van der Waals surface area contributed by atoms with Gasteiger partial charge in [0.05, 0.1) is 18.8 Å². The smallest absolute Gasteiger partial charge is 0.341 e. The molecule has 1 amide bonds. The van der Waals surface area contributed by atoms with Crippen molar-refractivity contribution in [3.05, 3.63) is 58.3 Å². The van der Waals surface area contributed by atoms with E-state index in [0.29, 0.717) is 23.4 Å². The van der Waals surface area contributed by atoms with Gasteiger partial charge in [0.2, 0.25) is 0 Å². The van der Waals surface area contributed by atoms with Crippen molar-refractivity contribution in [3.8, 4) is 0 Å². The molecule has 0 aliphatic carbocycles. The fourth-order valence-electron chi connectivity index (χ4n) is 2.75. The second-order valence-corrected chi connectivity index (χ2v) is 7.22. The molecule has 1 aliphatic heterocycles. The van der Waals surface area contributed by atoms with Crippen LogP contribution in [-0.2, 0) is 14.3 Å². The molecule has 6 nitrogen and oxygen atoms in total. The summed E-state index contributed by atoms with van der Waals surface area (Å²) in [5.74, 6) is -2.11. The highest BCUT2D eigenvalue weighted by atomic mass is 79.9. The Labute approximate surface area is 170 Å². The molecule has 0 saturated carbocycles. The molecule has 1 heterocycles. The number of halogens is 2. The van der Waals surface area contributed by atoms with Crippen LogP contribution in [0.15, 0.2) is 46.9 Å². The molecule has 148 valence electrons. The van der Waals surface area contributed by atoms with Crippen LogP contribution in [0.4, 0.5) is 15.8 Å². The first kappa shape index (κ1) is 20.3. The van der Waals surface area contributed by atoms with Crippen LogP contribution in [0.3, 0.4) is 0 Å². The van der Waals surface area contributed by atoms with E-state index in [-0.39, 0.29) is 5.56 Å². The summed E-state index contributed by atoms with van der Waals surface area (Å²) >= 11 is 3.12. The molecule has 28 heavy (non-hydrogen) atoms. The number of amides is 1. The van der Waals surface area contributed by atoms with Gasteiger partial charge in [0.1, 0.15) is 5.82 Å². The number of morpholine rings is 1. The number of hydrogen-bond acceptors (Lipinski definition) is 5. The van der Waals surface area contributed by atoms with E-state index in [0.717, 1.165) is 24.8 Å². The van der Waals surface area contributed by atoms with Crippen LogP contribution in [0, 0.1) is 5.82 Å². The highest BCUT2D eigenvalue weighted by Gasteiger charge is 2.21. The minimum atomic E-state index is -1.07. The van der Waals surface area contributed by atoms with E-state index in [2.05, 4.69) is 26.1 Å². The summed E-state index contributed by atoms with van der Waals surface area (Å²) < 4.78 is 24.8. The average molecular weight is 451 g/mol. The van der Waals surface area contributed by atoms with Crippen LogP contribution in [0.1, 0.15) is 17.3 Å². The lowest BCUT2D eigenvalue weighted by molar-refractivity contribution is -0.123. The molecule has 1 saturated heterocycles. The second kappa shape index (κ2) is 9.16. The molecule has 2 aromatic carbocycles. The lowest BCUT2D eigenvalue weighted by Crippen LogP contribution is -2.36. The third-order valence-electron chi connectivity index (χ3n) is 4.32. The number of carbonyl (C=O) groups is 2. The maximum Gasteiger partial charge on any atom is 0.341 e. The van der Waals surface area contributed by atoms with Gasteiger partial charge in [0.15, 0.2) is 6.10 Å². The van der Waals surface area contributed by atoms with Crippen molar-refractivity contribution in [2.24, 2.45) is 0 Å². The maximum atomic E-state index is 13.8. The lowest BCUT2D eigenvalue weighted by Gasteiger charge is -2.28. The SMILES string of the molecule is CC(OC(=O)c1ccc(Br)cc1F)C(=O)Nc1ccc(N2CCOCC2)cc1. The van der Waals surface area contributed by atoms with Crippen LogP contribution in [0.5, 0.6) is 0 Å². The standard InChI is InChI=1S/C20H20BrFN2O4/c1-13(28-20(26)17-7-2-14(21)12-18(17)22)19(25)23-15-3-5-16(6-4-15)24-8-10-27-11-9-24/h2-7,12-13H,8-11H2,1H3,(H,23,25). The number of rotatable bonds is 5. The zero-order valence-corrected chi connectivity index (χ0v) is 16.9. The van der Waals surface area contributed by atoms with E-state index < -0.39 is 23.8 Å². The molecule has 0 bridgehead atoms. The summed E-state index contributed by atoms with van der Waals surface area (Å²) in [5.41, 5.74) is 1.41. The first-order valence-electron chi connectivity index (χ1n) is 8.83. The Morgan fingerprint density at radius 1 is 1.18 bits per heavy atom. The molecule has 1 fully saturated rings. The summed E-state index contributed by atoms with van der Waals surface area (Å²) in [6.07, 6.45) is -1.07. The largest absolute Gasteiger partial charge is 0.449 e. The number of nitrogens with one attached hydrogen (secondary N) is 1. The third-order valence-corrected chi connectivity index (χ3v) is 4.81. The molecule has 8 heteroatoms. The molecular formula is C20H20BrFN2O4. The van der Waals surface area contributed by atoms with Crippen LogP contribution in [-0.4, -0.2) is 44.3 Å². The molecule has 1 aliphatic rings. The van der Waals surface area contributed by atoms with Crippen LogP contribution < -0.4 is 10.2 Å². The maximum absolute atomic E-state index is 13.8. The third kappa shape index (κ3) is 5.08. The summed E-state index contributed by atoms with van der Waals surface area (Å²) in [6, 6.07) is 11.4. The van der Waals surface area contributed by atoms with Gasteiger partial charge < -0.3 is 19.7 Å². The quantitative estimate of drug-likeness (QED) is 0.704. The minimum Gasteiger partial charge on any atom is -0.449 e. The second-order valence-electron chi connectivity index (χ2n) is 6.31. The van der Waals surface area contributed by atoms with E-state index >= 15 is 0 Å². The van der Waals surface area contributed by atoms with E-state index in [9.17, 15) is 14.0 Å². The zero-order chi connectivity index (χ0) is 20.1. The number of ether oxygens (including phenoxy) is 2. The average Bonchev–Trinajstić information content (AvgIpc) is 2.69. The summed E-state index contributed by atoms with van der Waals surface area (Å²) in [7, 11) is 0. The van der Waals surface area contributed by atoms with Gasteiger partial charge in [-0.05, 0) is 49.4 Å². The molecule has 0 radical (unpaired) electrons. The molecule has 1 N–H and O–H groups in total. The van der Waals surface area contributed by atoms with Gasteiger partial charge in [-0.15, -0.1) is 0 Å². The normalized spacial score (nSPS) is 15.0. The van der Waals surface area contributed by atoms with Crippen molar-refractivity contribution in [1.29, 1.82) is 0 Å². The lowest BCUT2D eigenvalue weighted by atomic mass is 10.2. The Bertz CT molecular complexity index is 854. The number of esters is 1. The number of benzene rings is 2. The molecule has 0 spiro atoms. The van der Waals surface area contributed by atoms with Gasteiger partial charge in [0, 0.05) is 28.9 Å². The van der Waals surface area contributed by atoms with Crippen molar-refractivity contribution in [1.82, 2.24) is 0 Å². The number of carbonyl (C=O) groups excluding carboxylic acids is 2. The Morgan fingerprint density at radius 3 is 2.50 bits per heavy atom. The first-order chi connectivity index (χ1) is 13.4. The predicted molar refractivity (Wildman–Crippen MR) is 107 cm³/mol. The Kier molecular flexibility index (Phi) is 6.64. The molecule has 1 atom stereocenters. The van der Waals surface area contributed by atoms with Gasteiger partial charge in [0.25, 0.3) is 5.91 Å². The van der Waals surface area contributed by atoms with Gasteiger partial charge >= 0.3 is 5.97 Å². The van der Waals surface area contributed by atoms with E-state index in [1.807, 2.05) is 12.1 Å². The highest BCUT2D eigenvalue weighted by molar-refractivity contribution is 9.10. The fraction of sp³-hybridized carbons (Fsp3) is 0.300. The molecule has 3 rings (SSSR count). The fourth-order valence-corrected chi connectivity index (χ4v) is 3.09. The topological polar surface area (TPSA) is 67.9 Å². The minimum absolute atomic E-state index is 0.224. The van der Waals surface area contributed by atoms with Crippen molar-refractivity contribution in [2.45, 2.75) is 13.0 Å². The number of hydrogen-bond donors (Lipinski definition) is 1. The molecule has 0 aromatic heterocycles. The Morgan fingerprint density at radius 2 is 1.86 bits per heavy atom. The Hall–Kier alpha value is -2.45. The molecule has 2 aromatic rings. The first-order valence-corrected chi connectivity index (χ1v) is 9.63. The van der Waals surface area contributed by atoms with Crippen molar-refractivity contribution in [3.63, 3.8) is 0 Å². The van der Waals surface area contributed by atoms with Crippen molar-refractivity contribution >= 4 is 39.2 Å². The van der Waals surface area contributed by atoms with Gasteiger partial charge in [-0.1, -0.05) is 15.9 Å². The van der Waals surface area contributed by atoms with Crippen molar-refractivity contribution < 1.29 is 23.5 Å². The Balaban J connectivity index is 1.56. The zero-order valence-electron chi connectivity index (χ0n) is 15.3. The number of nitrogens with zero attached hydrogens (tertiary/aromatic N) is 1. The molecule has 1 unspecified atom stereocenters. The van der Waals surface area contributed by atoms with Crippen LogP contribution in [0.2, 0.25) is 0 Å². The summed E-state index contributed by atoms with van der Waals surface area (Å²) in [6.45, 7) is 4.48. The monoisotopic (exact) mass is 450 g/mol. The van der Waals surface area contributed by atoms with Gasteiger partial charge in [-0.3, -0.25) is 4.79 Å². The van der Waals surface area contributed by atoms with Crippen molar-refractivity contribution in [2.75, 3.05) is 36.5 Å². The summed E-state index contributed by atoms with van der Waals surface area (Å²) in [4.78, 5) is 26.6. The van der Waals surface area contributed by atoms with Gasteiger partial charge in [-0.25, -0.2) is 9.18 Å². The van der Waals surface area contributed by atoms with E-state index in [4.69, 9.17) is 9.47 Å². The number of anilines is 2.